The third kappa shape index (κ3) is 5.80. The fraction of sp³-hybridized carbons (Fsp3) is 0.500. The zero-order valence-electron chi connectivity index (χ0n) is 10.7. The van der Waals surface area contributed by atoms with Gasteiger partial charge in [-0.2, -0.15) is 13.2 Å². The summed E-state index contributed by atoms with van der Waals surface area (Å²) in [5, 5.41) is 9.10. The van der Waals surface area contributed by atoms with Crippen LogP contribution < -0.4 is 9.47 Å². The minimum Gasteiger partial charge on any atom is -0.490 e. The Morgan fingerprint density at radius 2 is 2.00 bits per heavy atom. The van der Waals surface area contributed by atoms with Gasteiger partial charge in [0.1, 0.15) is 0 Å². The van der Waals surface area contributed by atoms with E-state index in [4.69, 9.17) is 14.6 Å². The van der Waals surface area contributed by atoms with E-state index in [1.165, 1.54) is 0 Å². The number of hydrogen-bond donors (Lipinski definition) is 1. The molecule has 0 aliphatic heterocycles. The van der Waals surface area contributed by atoms with E-state index in [1.807, 2.05) is 0 Å². The van der Waals surface area contributed by atoms with Crippen molar-refractivity contribution in [2.24, 2.45) is 0 Å². The van der Waals surface area contributed by atoms with Gasteiger partial charge in [0.25, 0.3) is 0 Å². The lowest BCUT2D eigenvalue weighted by atomic mass is 10.2. The first-order valence-corrected chi connectivity index (χ1v) is 7.54. The lowest BCUT2D eigenvalue weighted by Crippen LogP contribution is -2.08. The molecular weight excluding hydrogens is 361 g/mol. The van der Waals surface area contributed by atoms with E-state index in [9.17, 15) is 13.2 Å². The average molecular weight is 375 g/mol. The van der Waals surface area contributed by atoms with Crippen LogP contribution in [0.15, 0.2) is 16.6 Å². The molecule has 0 heterocycles. The molecule has 0 saturated heterocycles. The molecule has 3 nitrogen and oxygen atoms in total. The molecule has 0 fully saturated rings. The molecule has 114 valence electrons. The van der Waals surface area contributed by atoms with Gasteiger partial charge < -0.3 is 14.6 Å². The van der Waals surface area contributed by atoms with Gasteiger partial charge in [-0.05, 0) is 52.3 Å². The van der Waals surface area contributed by atoms with Crippen molar-refractivity contribution >= 4 is 27.7 Å². The van der Waals surface area contributed by atoms with Crippen molar-refractivity contribution in [2.45, 2.75) is 19.0 Å². The first kappa shape index (κ1) is 17.5. The number of thioether (sulfide) groups is 1. The molecule has 8 heteroatoms. The first-order chi connectivity index (χ1) is 9.37. The largest absolute Gasteiger partial charge is 0.490 e. The summed E-state index contributed by atoms with van der Waals surface area (Å²) in [6, 6.07) is 3.23. The normalized spacial score (nSPS) is 11.5. The Labute approximate surface area is 127 Å². The molecule has 1 rings (SSSR count). The smallest absolute Gasteiger partial charge is 0.441 e. The zero-order valence-corrected chi connectivity index (χ0v) is 13.1. The van der Waals surface area contributed by atoms with E-state index in [0.717, 1.165) is 0 Å². The quantitative estimate of drug-likeness (QED) is 0.732. The number of ether oxygens (including phenoxy) is 2. The van der Waals surface area contributed by atoms with Gasteiger partial charge in [-0.1, -0.05) is 0 Å². The van der Waals surface area contributed by atoms with Gasteiger partial charge in [0.2, 0.25) is 0 Å². The topological polar surface area (TPSA) is 38.7 Å². The van der Waals surface area contributed by atoms with Gasteiger partial charge in [-0.3, -0.25) is 0 Å². The number of benzene rings is 1. The van der Waals surface area contributed by atoms with Crippen LogP contribution in [0.25, 0.3) is 0 Å². The zero-order chi connectivity index (χ0) is 15.2. The fourth-order valence-corrected chi connectivity index (χ4v) is 2.42. The second-order valence-electron chi connectivity index (χ2n) is 3.64. The lowest BCUT2D eigenvalue weighted by molar-refractivity contribution is -0.0329. The van der Waals surface area contributed by atoms with Gasteiger partial charge in [0, 0.05) is 5.75 Å². The third-order valence-corrected chi connectivity index (χ3v) is 3.43. The Morgan fingerprint density at radius 3 is 2.55 bits per heavy atom. The molecule has 0 radical (unpaired) electrons. The van der Waals surface area contributed by atoms with E-state index in [2.05, 4.69) is 15.9 Å². The molecule has 20 heavy (non-hydrogen) atoms. The van der Waals surface area contributed by atoms with Crippen molar-refractivity contribution in [3.63, 3.8) is 0 Å². The van der Waals surface area contributed by atoms with E-state index in [0.29, 0.717) is 28.1 Å². The molecule has 0 aliphatic carbocycles. The Morgan fingerprint density at radius 1 is 1.30 bits per heavy atom. The number of halogens is 4. The first-order valence-electron chi connectivity index (χ1n) is 5.77. The Kier molecular flexibility index (Phi) is 6.97. The molecule has 1 N–H and O–H groups in total. The Hall–Kier alpha value is -0.600. The van der Waals surface area contributed by atoms with Gasteiger partial charge in [-0.25, -0.2) is 0 Å². The van der Waals surface area contributed by atoms with Crippen LogP contribution in [0.3, 0.4) is 0 Å². The maximum atomic E-state index is 12.0. The summed E-state index contributed by atoms with van der Waals surface area (Å²) < 4.78 is 47.3. The monoisotopic (exact) mass is 374 g/mol. The highest BCUT2D eigenvalue weighted by Crippen LogP contribution is 2.37. The fourth-order valence-electron chi connectivity index (χ4n) is 1.42. The molecule has 0 saturated carbocycles. The van der Waals surface area contributed by atoms with Crippen LogP contribution in [-0.4, -0.2) is 29.6 Å². The lowest BCUT2D eigenvalue weighted by Gasteiger charge is -2.15. The highest BCUT2D eigenvalue weighted by Gasteiger charge is 2.27. The van der Waals surface area contributed by atoms with Crippen LogP contribution in [-0.2, 0) is 6.61 Å². The Balaban J connectivity index is 2.72. The van der Waals surface area contributed by atoms with Crippen molar-refractivity contribution in [3.05, 3.63) is 22.2 Å². The highest BCUT2D eigenvalue weighted by molar-refractivity contribution is 9.10. The van der Waals surface area contributed by atoms with Crippen LogP contribution in [0.1, 0.15) is 12.5 Å². The maximum Gasteiger partial charge on any atom is 0.441 e. The molecule has 1 aromatic carbocycles. The summed E-state index contributed by atoms with van der Waals surface area (Å²) >= 11 is 3.12. The van der Waals surface area contributed by atoms with Crippen LogP contribution in [0.5, 0.6) is 11.5 Å². The minimum atomic E-state index is -4.26. The summed E-state index contributed by atoms with van der Waals surface area (Å²) in [7, 11) is 0. The Bertz CT molecular complexity index is 441. The molecule has 0 amide bonds. The van der Waals surface area contributed by atoms with Gasteiger partial charge in [-0.15, -0.1) is 0 Å². The number of aliphatic hydroxyl groups excluding tert-OH is 1. The summed E-state index contributed by atoms with van der Waals surface area (Å²) in [6.07, 6.45) is 0. The van der Waals surface area contributed by atoms with Crippen molar-refractivity contribution in [1.82, 2.24) is 0 Å². The van der Waals surface area contributed by atoms with E-state index in [1.54, 1.807) is 19.1 Å². The molecule has 0 aromatic heterocycles. The standard InChI is InChI=1S/C12H14BrF3O3S/c1-2-18-10-6-8(7-17)5-9(13)11(10)19-3-4-20-12(14,15)16/h5-6,17H,2-4,7H2,1H3. The van der Waals surface area contributed by atoms with E-state index < -0.39 is 5.51 Å². The van der Waals surface area contributed by atoms with Crippen molar-refractivity contribution < 1.29 is 27.8 Å². The van der Waals surface area contributed by atoms with Crippen LogP contribution in [0.4, 0.5) is 13.2 Å². The number of alkyl halides is 3. The summed E-state index contributed by atoms with van der Waals surface area (Å²) in [5.41, 5.74) is -3.64. The van der Waals surface area contributed by atoms with Gasteiger partial charge in [0.05, 0.1) is 24.3 Å². The summed E-state index contributed by atoms with van der Waals surface area (Å²) in [6.45, 7) is 1.90. The summed E-state index contributed by atoms with van der Waals surface area (Å²) in [5.74, 6) is 0.526. The molecule has 0 aliphatic rings. The predicted octanol–water partition coefficient (Wildman–Crippen LogP) is 3.97. The van der Waals surface area contributed by atoms with Gasteiger partial charge >= 0.3 is 5.51 Å². The van der Waals surface area contributed by atoms with Crippen LogP contribution >= 0.6 is 27.7 Å². The highest BCUT2D eigenvalue weighted by atomic mass is 79.9. The van der Waals surface area contributed by atoms with Crippen molar-refractivity contribution in [2.75, 3.05) is 19.0 Å². The van der Waals surface area contributed by atoms with Crippen molar-refractivity contribution in [1.29, 1.82) is 0 Å². The average Bonchev–Trinajstić information content (AvgIpc) is 2.35. The van der Waals surface area contributed by atoms with Crippen LogP contribution in [0.2, 0.25) is 0 Å². The predicted molar refractivity (Wildman–Crippen MR) is 75.2 cm³/mol. The van der Waals surface area contributed by atoms with Gasteiger partial charge in [0.15, 0.2) is 11.5 Å². The third-order valence-electron chi connectivity index (χ3n) is 2.15. The molecular formula is C12H14BrF3O3S. The number of rotatable bonds is 7. The minimum absolute atomic E-state index is 0.0959. The summed E-state index contributed by atoms with van der Waals surface area (Å²) in [4.78, 5) is 0. The molecule has 0 unspecified atom stereocenters. The molecule has 1 aromatic rings. The number of hydrogen-bond acceptors (Lipinski definition) is 4. The molecule has 0 atom stereocenters. The van der Waals surface area contributed by atoms with Crippen molar-refractivity contribution in [3.8, 4) is 11.5 Å². The second kappa shape index (κ2) is 7.99. The second-order valence-corrected chi connectivity index (χ2v) is 5.65. The molecule has 0 bridgehead atoms. The van der Waals surface area contributed by atoms with Crippen LogP contribution in [0, 0.1) is 0 Å². The maximum absolute atomic E-state index is 12.0. The number of aliphatic hydroxyl groups is 1. The SMILES string of the molecule is CCOc1cc(CO)cc(Br)c1OCCSC(F)(F)F. The van der Waals surface area contributed by atoms with E-state index >= 15 is 0 Å². The van der Waals surface area contributed by atoms with E-state index in [-0.39, 0.29) is 30.7 Å². The molecule has 0 spiro atoms.